The molecule has 7 nitrogen and oxygen atoms in total. The van der Waals surface area contributed by atoms with Crippen molar-refractivity contribution in [3.63, 3.8) is 0 Å². The quantitative estimate of drug-likeness (QED) is 0.758. The lowest BCUT2D eigenvalue weighted by Gasteiger charge is -2.32. The monoisotopic (exact) mass is 331 g/mol. The largest absolute Gasteiger partial charge is 0.387 e. The molecule has 1 heterocycles. The lowest BCUT2D eigenvalue weighted by molar-refractivity contribution is -0.153. The zero-order valence-corrected chi connectivity index (χ0v) is 13.6. The highest BCUT2D eigenvalue weighted by Gasteiger charge is 2.38. The van der Waals surface area contributed by atoms with Crippen LogP contribution in [0.3, 0.4) is 0 Å². The molecule has 24 heavy (non-hydrogen) atoms. The normalized spacial score (nSPS) is 19.4. The number of piperazine rings is 1. The second-order valence-electron chi connectivity index (χ2n) is 6.35. The third kappa shape index (κ3) is 2.99. The summed E-state index contributed by atoms with van der Waals surface area (Å²) < 4.78 is 0. The Labute approximate surface area is 140 Å². The topological polar surface area (TPSA) is 89.9 Å². The Bertz CT molecular complexity index is 663. The van der Waals surface area contributed by atoms with E-state index in [9.17, 15) is 19.5 Å². The van der Waals surface area contributed by atoms with Crippen LogP contribution in [0.15, 0.2) is 24.3 Å². The van der Waals surface area contributed by atoms with Gasteiger partial charge in [-0.1, -0.05) is 24.3 Å². The molecule has 0 spiro atoms. The fraction of sp³-hybridized carbons (Fsp3) is 0.471. The predicted molar refractivity (Wildman–Crippen MR) is 86.2 cm³/mol. The summed E-state index contributed by atoms with van der Waals surface area (Å²) in [7, 11) is 0. The number of hydrogen-bond acceptors (Lipinski definition) is 4. The Kier molecular flexibility index (Phi) is 4.28. The second kappa shape index (κ2) is 6.24. The Morgan fingerprint density at radius 2 is 1.79 bits per heavy atom. The highest BCUT2D eigenvalue weighted by Crippen LogP contribution is 2.29. The molecule has 0 bridgehead atoms. The maximum Gasteiger partial charge on any atom is 0.324 e. The Morgan fingerprint density at radius 3 is 2.38 bits per heavy atom. The lowest BCUT2D eigenvalue weighted by atomic mass is 10.0. The third-order valence-corrected chi connectivity index (χ3v) is 4.66. The van der Waals surface area contributed by atoms with Crippen molar-refractivity contribution in [2.75, 3.05) is 26.2 Å². The molecule has 2 aliphatic rings. The molecule has 1 aromatic carbocycles. The van der Waals surface area contributed by atoms with E-state index in [1.54, 1.807) is 6.92 Å². The van der Waals surface area contributed by atoms with E-state index in [0.29, 0.717) is 25.9 Å². The summed E-state index contributed by atoms with van der Waals surface area (Å²) in [6.45, 7) is 2.77. The number of nitrogens with zero attached hydrogens (tertiary/aromatic N) is 2. The maximum absolute atomic E-state index is 12.2. The Balaban J connectivity index is 1.59. The summed E-state index contributed by atoms with van der Waals surface area (Å²) in [6, 6.07) is 7.12. The molecule has 0 radical (unpaired) electrons. The number of urea groups is 1. The summed E-state index contributed by atoms with van der Waals surface area (Å²) >= 11 is 0. The molecule has 0 atom stereocenters. The van der Waals surface area contributed by atoms with Crippen molar-refractivity contribution in [3.05, 3.63) is 35.4 Å². The van der Waals surface area contributed by atoms with Gasteiger partial charge < -0.3 is 15.3 Å². The van der Waals surface area contributed by atoms with Gasteiger partial charge in [-0.3, -0.25) is 14.5 Å². The lowest BCUT2D eigenvalue weighted by Crippen LogP contribution is -2.59. The Morgan fingerprint density at radius 1 is 1.17 bits per heavy atom. The van der Waals surface area contributed by atoms with E-state index in [4.69, 9.17) is 0 Å². The fourth-order valence-corrected chi connectivity index (χ4v) is 3.30. The van der Waals surface area contributed by atoms with Crippen molar-refractivity contribution in [1.82, 2.24) is 15.1 Å². The van der Waals surface area contributed by atoms with Crippen LogP contribution in [-0.4, -0.2) is 64.5 Å². The van der Waals surface area contributed by atoms with Gasteiger partial charge in [0.15, 0.2) is 0 Å². The van der Waals surface area contributed by atoms with Crippen molar-refractivity contribution >= 4 is 17.8 Å². The van der Waals surface area contributed by atoms with Crippen LogP contribution in [0.4, 0.5) is 4.79 Å². The Hall–Kier alpha value is -2.41. The molecule has 1 aromatic rings. The molecule has 1 aliphatic carbocycles. The van der Waals surface area contributed by atoms with Crippen LogP contribution in [0.1, 0.15) is 18.1 Å². The van der Waals surface area contributed by atoms with E-state index in [2.05, 4.69) is 5.32 Å². The van der Waals surface area contributed by atoms with Gasteiger partial charge in [-0.2, -0.15) is 0 Å². The molecule has 3 rings (SSSR count). The van der Waals surface area contributed by atoms with Gasteiger partial charge in [-0.05, 0) is 18.1 Å². The number of rotatable bonds is 3. The molecule has 0 aromatic heterocycles. The first-order valence-electron chi connectivity index (χ1n) is 8.11. The minimum atomic E-state index is -1.06. The smallest absolute Gasteiger partial charge is 0.324 e. The number of fused-ring (bicyclic) bond motifs is 1. The van der Waals surface area contributed by atoms with Crippen LogP contribution in [0.5, 0.6) is 0 Å². The predicted octanol–water partition coefficient (Wildman–Crippen LogP) is -0.0834. The number of hydrogen-bond donors (Lipinski definition) is 2. The van der Waals surface area contributed by atoms with Crippen LogP contribution in [0.2, 0.25) is 0 Å². The van der Waals surface area contributed by atoms with Crippen LogP contribution in [-0.2, 0) is 22.4 Å². The van der Waals surface area contributed by atoms with Gasteiger partial charge in [0, 0.05) is 39.0 Å². The number of amides is 4. The van der Waals surface area contributed by atoms with E-state index in [-0.39, 0.29) is 13.1 Å². The highest BCUT2D eigenvalue weighted by molar-refractivity contribution is 6.38. The molecule has 0 unspecified atom stereocenters. The summed E-state index contributed by atoms with van der Waals surface area (Å²) in [4.78, 5) is 38.4. The average Bonchev–Trinajstić information content (AvgIpc) is 2.91. The van der Waals surface area contributed by atoms with E-state index < -0.39 is 23.4 Å². The van der Waals surface area contributed by atoms with Crippen LogP contribution in [0, 0.1) is 0 Å². The number of carbonyl (C=O) groups excluding carboxylic acids is 3. The number of aliphatic hydroxyl groups is 1. The molecule has 1 aliphatic heterocycles. The number of imide groups is 1. The van der Waals surface area contributed by atoms with Gasteiger partial charge in [0.2, 0.25) is 0 Å². The third-order valence-electron chi connectivity index (χ3n) is 4.66. The fourth-order valence-electron chi connectivity index (χ4n) is 3.30. The summed E-state index contributed by atoms with van der Waals surface area (Å²) in [6.07, 6.45) is 0.917. The first-order chi connectivity index (χ1) is 11.4. The van der Waals surface area contributed by atoms with E-state index in [0.717, 1.165) is 16.0 Å². The molecule has 128 valence electrons. The molecule has 0 saturated carbocycles. The van der Waals surface area contributed by atoms with Gasteiger partial charge >= 0.3 is 17.8 Å². The number of likely N-dealkylation sites (N-methyl/N-ethyl adjacent to an activating group) is 1. The minimum Gasteiger partial charge on any atom is -0.387 e. The molecule has 1 saturated heterocycles. The van der Waals surface area contributed by atoms with Gasteiger partial charge in [-0.15, -0.1) is 0 Å². The summed E-state index contributed by atoms with van der Waals surface area (Å²) in [5.74, 6) is -1.48. The van der Waals surface area contributed by atoms with Crippen LogP contribution in [0.25, 0.3) is 0 Å². The molecule has 4 amide bonds. The number of benzene rings is 1. The van der Waals surface area contributed by atoms with E-state index in [1.165, 1.54) is 4.90 Å². The van der Waals surface area contributed by atoms with Gasteiger partial charge in [-0.25, -0.2) is 4.79 Å². The van der Waals surface area contributed by atoms with E-state index >= 15 is 0 Å². The van der Waals surface area contributed by atoms with Gasteiger partial charge in [0.05, 0.1) is 5.60 Å². The standard InChI is InChI=1S/C17H21N3O4/c1-2-19-7-8-20(15(22)14(19)21)16(23)18-11-17(24)9-12-5-3-4-6-13(12)10-17/h3-6,24H,2,7-11H2,1H3,(H,18,23). The van der Waals surface area contributed by atoms with E-state index in [1.807, 2.05) is 24.3 Å². The first kappa shape index (κ1) is 16.4. The van der Waals surface area contributed by atoms with Crippen molar-refractivity contribution in [2.45, 2.75) is 25.4 Å². The van der Waals surface area contributed by atoms with Crippen LogP contribution < -0.4 is 5.32 Å². The number of nitrogens with one attached hydrogen (secondary N) is 1. The van der Waals surface area contributed by atoms with Crippen LogP contribution >= 0.6 is 0 Å². The summed E-state index contributed by atoms with van der Waals surface area (Å²) in [5, 5.41) is 13.3. The zero-order valence-electron chi connectivity index (χ0n) is 13.6. The maximum atomic E-state index is 12.2. The molecular formula is C17H21N3O4. The minimum absolute atomic E-state index is 0.0377. The highest BCUT2D eigenvalue weighted by atomic mass is 16.3. The number of carbonyl (C=O) groups is 3. The second-order valence-corrected chi connectivity index (χ2v) is 6.35. The zero-order chi connectivity index (χ0) is 17.3. The average molecular weight is 331 g/mol. The molecule has 1 fully saturated rings. The van der Waals surface area contributed by atoms with Crippen molar-refractivity contribution in [1.29, 1.82) is 0 Å². The van der Waals surface area contributed by atoms with Crippen molar-refractivity contribution in [3.8, 4) is 0 Å². The SMILES string of the molecule is CCN1CCN(C(=O)NCC2(O)Cc3ccccc3C2)C(=O)C1=O. The van der Waals surface area contributed by atoms with Crippen molar-refractivity contribution < 1.29 is 19.5 Å². The molecular weight excluding hydrogens is 310 g/mol. The molecule has 2 N–H and O–H groups in total. The molecule has 7 heteroatoms. The van der Waals surface area contributed by atoms with Crippen molar-refractivity contribution in [2.24, 2.45) is 0 Å². The van der Waals surface area contributed by atoms with Gasteiger partial charge in [0.25, 0.3) is 0 Å². The summed E-state index contributed by atoms with van der Waals surface area (Å²) in [5.41, 5.74) is 1.08. The van der Waals surface area contributed by atoms with Gasteiger partial charge in [0.1, 0.15) is 0 Å². The first-order valence-corrected chi connectivity index (χ1v) is 8.11.